The molecule has 2 rings (SSSR count). The lowest BCUT2D eigenvalue weighted by Crippen LogP contribution is -2.48. The Bertz CT molecular complexity index is 519. The molecule has 1 heterocycles. The van der Waals surface area contributed by atoms with E-state index < -0.39 is 0 Å². The third kappa shape index (κ3) is 3.91. The van der Waals surface area contributed by atoms with Gasteiger partial charge in [-0.15, -0.1) is 0 Å². The first-order chi connectivity index (χ1) is 9.99. The summed E-state index contributed by atoms with van der Waals surface area (Å²) in [5.74, 6) is 0.120. The van der Waals surface area contributed by atoms with Crippen LogP contribution in [0.3, 0.4) is 0 Å². The summed E-state index contributed by atoms with van der Waals surface area (Å²) in [5.41, 5.74) is 3.03. The lowest BCUT2D eigenvalue weighted by Gasteiger charge is -2.34. The Morgan fingerprint density at radius 1 is 1.24 bits per heavy atom. The molecule has 1 aliphatic rings. The molecule has 0 saturated carbocycles. The van der Waals surface area contributed by atoms with Gasteiger partial charge in [0.15, 0.2) is 0 Å². The number of hydrogen-bond acceptors (Lipinski definition) is 3. The summed E-state index contributed by atoms with van der Waals surface area (Å²) in [6.07, 6.45) is 2.92. The predicted octanol–water partition coefficient (Wildman–Crippen LogP) is 2.69. The second-order valence-electron chi connectivity index (χ2n) is 5.94. The highest BCUT2D eigenvalue weighted by molar-refractivity contribution is 5.96. The Kier molecular flexibility index (Phi) is 5.12. The number of nitrogens with one attached hydrogen (secondary N) is 1. The van der Waals surface area contributed by atoms with Gasteiger partial charge >= 0.3 is 0 Å². The number of amides is 1. The van der Waals surface area contributed by atoms with Crippen molar-refractivity contribution in [3.63, 3.8) is 0 Å². The van der Waals surface area contributed by atoms with Crippen molar-refractivity contribution in [3.05, 3.63) is 29.3 Å². The van der Waals surface area contributed by atoms with E-state index in [2.05, 4.69) is 5.32 Å². The second-order valence-corrected chi connectivity index (χ2v) is 5.94. The zero-order valence-corrected chi connectivity index (χ0v) is 13.1. The highest BCUT2D eigenvalue weighted by atomic mass is 16.2. The molecule has 1 saturated heterocycles. The average molecular weight is 288 g/mol. The summed E-state index contributed by atoms with van der Waals surface area (Å²) >= 11 is 0. The van der Waals surface area contributed by atoms with Gasteiger partial charge in [0, 0.05) is 5.69 Å². The van der Waals surface area contributed by atoms with Gasteiger partial charge < -0.3 is 5.32 Å². The molecule has 1 aromatic rings. The van der Waals surface area contributed by atoms with Gasteiger partial charge in [-0.1, -0.05) is 24.6 Å². The average Bonchev–Trinajstić information content (AvgIpc) is 2.43. The van der Waals surface area contributed by atoms with E-state index in [1.165, 1.54) is 0 Å². The fourth-order valence-corrected chi connectivity index (χ4v) is 2.98. The highest BCUT2D eigenvalue weighted by Gasteiger charge is 2.29. The highest BCUT2D eigenvalue weighted by Crippen LogP contribution is 2.22. The zero-order valence-electron chi connectivity index (χ0n) is 13.1. The molecule has 0 spiro atoms. The molecule has 0 bridgehead atoms. The van der Waals surface area contributed by atoms with Crippen molar-refractivity contribution in [2.75, 3.05) is 18.4 Å². The number of para-hydroxylation sites is 1. The number of nitrogens with zero attached hydrogens (tertiary/aromatic N) is 1. The Hall–Kier alpha value is -1.68. The molecule has 0 radical (unpaired) electrons. The van der Waals surface area contributed by atoms with Crippen LogP contribution in [-0.2, 0) is 9.59 Å². The van der Waals surface area contributed by atoms with Crippen LogP contribution in [0, 0.1) is 13.8 Å². The van der Waals surface area contributed by atoms with Crippen molar-refractivity contribution in [3.8, 4) is 0 Å². The second kappa shape index (κ2) is 6.85. The van der Waals surface area contributed by atoms with E-state index in [1.54, 1.807) is 6.92 Å². The van der Waals surface area contributed by atoms with Gasteiger partial charge in [-0.05, 0) is 51.3 Å². The summed E-state index contributed by atoms with van der Waals surface area (Å²) < 4.78 is 0. The van der Waals surface area contributed by atoms with Crippen LogP contribution in [0.15, 0.2) is 18.2 Å². The Morgan fingerprint density at radius 2 is 1.90 bits per heavy atom. The first kappa shape index (κ1) is 15.7. The minimum atomic E-state index is -0.193. The molecule has 0 unspecified atom stereocenters. The van der Waals surface area contributed by atoms with Crippen molar-refractivity contribution >= 4 is 17.4 Å². The third-order valence-electron chi connectivity index (χ3n) is 4.07. The van der Waals surface area contributed by atoms with E-state index in [-0.39, 0.29) is 17.7 Å². The number of aryl methyl sites for hydroxylation is 2. The first-order valence-electron chi connectivity index (χ1n) is 7.59. The number of rotatable bonds is 4. The van der Waals surface area contributed by atoms with Crippen molar-refractivity contribution in [2.45, 2.75) is 46.1 Å². The zero-order chi connectivity index (χ0) is 15.4. The molecule has 0 aliphatic carbocycles. The molecule has 0 aromatic heterocycles. The number of hydrogen-bond donors (Lipinski definition) is 1. The smallest absolute Gasteiger partial charge is 0.241 e. The van der Waals surface area contributed by atoms with Crippen LogP contribution in [0.25, 0.3) is 0 Å². The maximum atomic E-state index is 12.6. The maximum Gasteiger partial charge on any atom is 0.241 e. The Morgan fingerprint density at radius 3 is 2.52 bits per heavy atom. The number of anilines is 1. The molecule has 1 aliphatic heterocycles. The van der Waals surface area contributed by atoms with Crippen LogP contribution in [0.4, 0.5) is 5.69 Å². The van der Waals surface area contributed by atoms with Crippen LogP contribution in [0.5, 0.6) is 0 Å². The van der Waals surface area contributed by atoms with E-state index >= 15 is 0 Å². The van der Waals surface area contributed by atoms with E-state index in [0.717, 1.165) is 42.6 Å². The van der Waals surface area contributed by atoms with Gasteiger partial charge in [0.1, 0.15) is 5.78 Å². The molecule has 114 valence electrons. The summed E-state index contributed by atoms with van der Waals surface area (Å²) in [5, 5.41) is 3.06. The van der Waals surface area contributed by atoms with Gasteiger partial charge in [-0.3, -0.25) is 14.5 Å². The number of piperidine rings is 1. The van der Waals surface area contributed by atoms with Crippen molar-refractivity contribution < 1.29 is 9.59 Å². The van der Waals surface area contributed by atoms with Crippen molar-refractivity contribution in [1.29, 1.82) is 0 Å². The molecule has 4 heteroatoms. The van der Waals surface area contributed by atoms with Gasteiger partial charge in [0.05, 0.1) is 12.6 Å². The van der Waals surface area contributed by atoms with E-state index in [9.17, 15) is 9.59 Å². The molecule has 1 amide bonds. The fourth-order valence-electron chi connectivity index (χ4n) is 2.98. The largest absolute Gasteiger partial charge is 0.324 e. The Labute approximate surface area is 126 Å². The van der Waals surface area contributed by atoms with Crippen LogP contribution in [0.2, 0.25) is 0 Å². The Balaban J connectivity index is 2.12. The van der Waals surface area contributed by atoms with Crippen LogP contribution >= 0.6 is 0 Å². The van der Waals surface area contributed by atoms with E-state index in [0.29, 0.717) is 6.54 Å². The number of Topliss-reactive ketones (excluding diaryl/α,β-unsaturated/α-hetero) is 1. The molecular weight excluding hydrogens is 264 g/mol. The van der Waals surface area contributed by atoms with Crippen molar-refractivity contribution in [1.82, 2.24) is 4.90 Å². The molecule has 4 nitrogen and oxygen atoms in total. The standard InChI is InChI=1S/C17H24N2O2/c1-12-7-6-8-13(2)16(12)18-17(21)15-9-4-5-10-19(15)11-14(3)20/h6-8,15H,4-5,9-11H2,1-3H3,(H,18,21)/t15-/m0/s1. The van der Waals surface area contributed by atoms with Gasteiger partial charge in [0.25, 0.3) is 0 Å². The lowest BCUT2D eigenvalue weighted by atomic mass is 10.0. The molecular formula is C17H24N2O2. The number of benzene rings is 1. The molecule has 1 N–H and O–H groups in total. The monoisotopic (exact) mass is 288 g/mol. The van der Waals surface area contributed by atoms with Crippen molar-refractivity contribution in [2.24, 2.45) is 0 Å². The van der Waals surface area contributed by atoms with Gasteiger partial charge in [-0.2, -0.15) is 0 Å². The maximum absolute atomic E-state index is 12.6. The fraction of sp³-hybridized carbons (Fsp3) is 0.529. The number of likely N-dealkylation sites (tertiary alicyclic amines) is 1. The SMILES string of the molecule is CC(=O)CN1CCCC[C@H]1C(=O)Nc1c(C)cccc1C. The summed E-state index contributed by atoms with van der Waals surface area (Å²) in [6, 6.07) is 5.79. The minimum Gasteiger partial charge on any atom is -0.324 e. The summed E-state index contributed by atoms with van der Waals surface area (Å²) in [4.78, 5) is 26.0. The van der Waals surface area contributed by atoms with Gasteiger partial charge in [-0.25, -0.2) is 0 Å². The predicted molar refractivity (Wildman–Crippen MR) is 84.4 cm³/mol. The van der Waals surface area contributed by atoms with E-state index in [4.69, 9.17) is 0 Å². The normalized spacial score (nSPS) is 19.3. The molecule has 21 heavy (non-hydrogen) atoms. The summed E-state index contributed by atoms with van der Waals surface area (Å²) in [7, 11) is 0. The molecule has 1 fully saturated rings. The number of carbonyl (C=O) groups excluding carboxylic acids is 2. The first-order valence-corrected chi connectivity index (χ1v) is 7.59. The molecule has 1 aromatic carbocycles. The topological polar surface area (TPSA) is 49.4 Å². The number of ketones is 1. The third-order valence-corrected chi connectivity index (χ3v) is 4.07. The van der Waals surface area contributed by atoms with Crippen LogP contribution in [-0.4, -0.2) is 35.7 Å². The lowest BCUT2D eigenvalue weighted by molar-refractivity contribution is -0.125. The van der Waals surface area contributed by atoms with E-state index in [1.807, 2.05) is 36.9 Å². The number of carbonyl (C=O) groups is 2. The summed E-state index contributed by atoms with van der Waals surface area (Å²) in [6.45, 7) is 6.76. The minimum absolute atomic E-state index is 0.00773. The van der Waals surface area contributed by atoms with Crippen LogP contribution < -0.4 is 5.32 Å². The van der Waals surface area contributed by atoms with Gasteiger partial charge in [0.2, 0.25) is 5.91 Å². The molecule has 1 atom stereocenters. The quantitative estimate of drug-likeness (QED) is 0.926. The van der Waals surface area contributed by atoms with Crippen LogP contribution in [0.1, 0.15) is 37.3 Å².